The van der Waals surface area contributed by atoms with Crippen molar-refractivity contribution in [2.24, 2.45) is 0 Å². The molecule has 0 amide bonds. The molecule has 0 unspecified atom stereocenters. The minimum absolute atomic E-state index is 0.0454. The highest BCUT2D eigenvalue weighted by Gasteiger charge is 2.27. The average Bonchev–Trinajstić information content (AvgIpc) is 3.55. The third-order valence-electron chi connectivity index (χ3n) is 7.54. The number of para-hydroxylation sites is 1. The van der Waals surface area contributed by atoms with Gasteiger partial charge in [0.1, 0.15) is 6.10 Å². The van der Waals surface area contributed by atoms with Gasteiger partial charge in [-0.2, -0.15) is 4.31 Å². The summed E-state index contributed by atoms with van der Waals surface area (Å²) in [5.41, 5.74) is 3.23. The molecule has 2 aliphatic heterocycles. The van der Waals surface area contributed by atoms with E-state index in [9.17, 15) is 13.5 Å². The lowest BCUT2D eigenvalue weighted by Crippen LogP contribution is -2.38. The van der Waals surface area contributed by atoms with Gasteiger partial charge in [0.2, 0.25) is 10.0 Å². The van der Waals surface area contributed by atoms with Crippen LogP contribution in [0.5, 0.6) is 5.19 Å². The van der Waals surface area contributed by atoms with Crippen LogP contribution < -0.4 is 9.64 Å². The molecule has 2 aliphatic rings. The van der Waals surface area contributed by atoms with E-state index in [1.54, 1.807) is 36.5 Å². The van der Waals surface area contributed by atoms with Crippen molar-refractivity contribution < 1.29 is 18.3 Å². The molecule has 4 heterocycles. The van der Waals surface area contributed by atoms with Crippen LogP contribution in [0.25, 0.3) is 26.0 Å². The third-order valence-corrected chi connectivity index (χ3v) is 11.4. The second-order valence-corrected chi connectivity index (χ2v) is 15.2. The van der Waals surface area contributed by atoms with Crippen molar-refractivity contribution in [2.45, 2.75) is 51.2 Å². The predicted octanol–water partition coefficient (Wildman–Crippen LogP) is 5.53. The molecule has 0 aliphatic carbocycles. The number of fused-ring (bicyclic) bond motifs is 2. The van der Waals surface area contributed by atoms with Gasteiger partial charge in [0.05, 0.1) is 31.8 Å². The molecule has 0 atom stereocenters. The zero-order chi connectivity index (χ0) is 27.9. The molecule has 11 heteroatoms. The van der Waals surface area contributed by atoms with E-state index in [0.717, 1.165) is 57.9 Å². The number of anilines is 1. The van der Waals surface area contributed by atoms with Gasteiger partial charge in [-0.3, -0.25) is 0 Å². The fourth-order valence-electron chi connectivity index (χ4n) is 5.13. The molecule has 0 bridgehead atoms. The zero-order valence-electron chi connectivity index (χ0n) is 22.7. The van der Waals surface area contributed by atoms with Crippen molar-refractivity contribution >= 4 is 63.8 Å². The van der Waals surface area contributed by atoms with E-state index in [-0.39, 0.29) is 18.3 Å². The van der Waals surface area contributed by atoms with E-state index in [1.807, 2.05) is 18.2 Å². The molecule has 1 fully saturated rings. The Labute approximate surface area is 243 Å². The first-order valence-electron chi connectivity index (χ1n) is 13.7. The minimum Gasteiger partial charge on any atom is -0.467 e. The van der Waals surface area contributed by atoms with Crippen LogP contribution in [-0.4, -0.2) is 71.4 Å². The molecule has 0 saturated carbocycles. The fourth-order valence-corrected chi connectivity index (χ4v) is 8.75. The van der Waals surface area contributed by atoms with Crippen molar-refractivity contribution in [1.82, 2.24) is 14.3 Å². The van der Waals surface area contributed by atoms with Gasteiger partial charge in [-0.1, -0.05) is 46.9 Å². The molecule has 0 radical (unpaired) electrons. The molecule has 40 heavy (non-hydrogen) atoms. The number of piperidine rings is 1. The summed E-state index contributed by atoms with van der Waals surface area (Å²) < 4.78 is 35.5. The van der Waals surface area contributed by atoms with Crippen LogP contribution in [0.2, 0.25) is 0 Å². The maximum absolute atomic E-state index is 12.7. The number of nitrogens with zero attached hydrogens (tertiary/aromatic N) is 4. The summed E-state index contributed by atoms with van der Waals surface area (Å²) in [6, 6.07) is 14.5. The Morgan fingerprint density at radius 3 is 2.52 bits per heavy atom. The average molecular weight is 599 g/mol. The number of rotatable bonds is 8. The number of ether oxygens (including phenoxy) is 1. The van der Waals surface area contributed by atoms with Gasteiger partial charge >= 0.3 is 0 Å². The van der Waals surface area contributed by atoms with Gasteiger partial charge in [-0.25, -0.2) is 18.4 Å². The zero-order valence-corrected chi connectivity index (χ0v) is 25.2. The Balaban J connectivity index is 1.06. The summed E-state index contributed by atoms with van der Waals surface area (Å²) in [5, 5.41) is 11.7. The molecule has 4 aromatic rings. The van der Waals surface area contributed by atoms with Crippen LogP contribution in [0.15, 0.2) is 48.5 Å². The summed E-state index contributed by atoms with van der Waals surface area (Å²) in [6.07, 6.45) is 4.87. The van der Waals surface area contributed by atoms with Gasteiger partial charge in [0.25, 0.3) is 5.19 Å². The van der Waals surface area contributed by atoms with E-state index in [0.29, 0.717) is 24.7 Å². The fraction of sp³-hybridized carbons (Fsp3) is 0.448. The molecule has 2 aromatic heterocycles. The standard InChI is InChI=1S/C29H34N4O4S3/c1-29(2,34)13-18-40(35,36)33-16-9-20(10-17-33)21-7-8-24-26(19-21)39-28(31-24)37-22-11-14-32(15-12-22)27-30-23-5-3-4-6-25(23)38-27/h3-9,19,22,34H,10-18H2,1-2H3. The molecule has 8 nitrogen and oxygen atoms in total. The molecule has 1 N–H and O–H groups in total. The summed E-state index contributed by atoms with van der Waals surface area (Å²) in [6.45, 7) is 5.91. The van der Waals surface area contributed by atoms with E-state index in [2.05, 4.69) is 35.2 Å². The lowest BCUT2D eigenvalue weighted by Gasteiger charge is -2.31. The first-order chi connectivity index (χ1) is 19.1. The number of aliphatic hydroxyl groups is 1. The molecule has 1 saturated heterocycles. The van der Waals surface area contributed by atoms with Crippen LogP contribution in [-0.2, 0) is 10.0 Å². The number of thiazole rings is 2. The van der Waals surface area contributed by atoms with E-state index < -0.39 is 15.6 Å². The highest BCUT2D eigenvalue weighted by molar-refractivity contribution is 7.89. The first-order valence-corrected chi connectivity index (χ1v) is 16.9. The van der Waals surface area contributed by atoms with Crippen molar-refractivity contribution in [2.75, 3.05) is 36.8 Å². The normalized spacial score (nSPS) is 18.0. The smallest absolute Gasteiger partial charge is 0.274 e. The number of hydrogen-bond donors (Lipinski definition) is 1. The summed E-state index contributed by atoms with van der Waals surface area (Å²) in [5.74, 6) is -0.0454. The SMILES string of the molecule is CC(C)(O)CCS(=O)(=O)N1CC=C(c2ccc3nc(OC4CCN(c5nc6ccccc6s5)CC4)sc3c2)CC1. The predicted molar refractivity (Wildman–Crippen MR) is 164 cm³/mol. The number of sulfonamides is 1. The Bertz CT molecular complexity index is 1610. The minimum atomic E-state index is -3.39. The Hall–Kier alpha value is -2.57. The van der Waals surface area contributed by atoms with Crippen LogP contribution in [0.4, 0.5) is 5.13 Å². The number of aromatic nitrogens is 2. The summed E-state index contributed by atoms with van der Waals surface area (Å²) in [7, 11) is -3.39. The highest BCUT2D eigenvalue weighted by atomic mass is 32.2. The highest BCUT2D eigenvalue weighted by Crippen LogP contribution is 2.35. The van der Waals surface area contributed by atoms with E-state index in [4.69, 9.17) is 14.7 Å². The monoisotopic (exact) mass is 598 g/mol. The van der Waals surface area contributed by atoms with Crippen molar-refractivity contribution in [3.05, 3.63) is 54.1 Å². The van der Waals surface area contributed by atoms with Gasteiger partial charge in [0.15, 0.2) is 5.13 Å². The van der Waals surface area contributed by atoms with E-state index >= 15 is 0 Å². The molecule has 2 aromatic carbocycles. The number of benzene rings is 2. The third kappa shape index (κ3) is 6.18. The molecule has 0 spiro atoms. The molecule has 212 valence electrons. The van der Waals surface area contributed by atoms with Crippen molar-refractivity contribution in [3.63, 3.8) is 0 Å². The largest absolute Gasteiger partial charge is 0.467 e. The lowest BCUT2D eigenvalue weighted by molar-refractivity contribution is 0.0769. The second-order valence-electron chi connectivity index (χ2n) is 11.1. The van der Waals surface area contributed by atoms with E-state index in [1.165, 1.54) is 9.01 Å². The topological polar surface area (TPSA) is 95.9 Å². The Morgan fingerprint density at radius 1 is 1.02 bits per heavy atom. The second kappa shape index (κ2) is 11.0. The Morgan fingerprint density at radius 2 is 1.80 bits per heavy atom. The van der Waals surface area contributed by atoms with Gasteiger partial charge in [0, 0.05) is 39.0 Å². The van der Waals surface area contributed by atoms with Crippen LogP contribution in [0.3, 0.4) is 0 Å². The molecular weight excluding hydrogens is 565 g/mol. The van der Waals surface area contributed by atoms with Crippen LogP contribution in [0.1, 0.15) is 45.1 Å². The van der Waals surface area contributed by atoms with Crippen molar-refractivity contribution in [1.29, 1.82) is 0 Å². The number of hydrogen-bond acceptors (Lipinski definition) is 9. The van der Waals surface area contributed by atoms with Crippen molar-refractivity contribution in [3.8, 4) is 5.19 Å². The lowest BCUT2D eigenvalue weighted by atomic mass is 10.0. The Kier molecular flexibility index (Phi) is 7.60. The summed E-state index contributed by atoms with van der Waals surface area (Å²) in [4.78, 5) is 11.9. The van der Waals surface area contributed by atoms with Gasteiger partial charge in [-0.15, -0.1) is 0 Å². The maximum atomic E-state index is 12.7. The first kappa shape index (κ1) is 27.6. The van der Waals surface area contributed by atoms with Crippen LogP contribution >= 0.6 is 22.7 Å². The van der Waals surface area contributed by atoms with Crippen LogP contribution in [0, 0.1) is 0 Å². The summed E-state index contributed by atoms with van der Waals surface area (Å²) >= 11 is 3.32. The van der Waals surface area contributed by atoms with Gasteiger partial charge in [-0.05, 0) is 62.1 Å². The quantitative estimate of drug-likeness (QED) is 0.285. The molecular formula is C29H34N4O4S3. The maximum Gasteiger partial charge on any atom is 0.274 e. The molecule has 6 rings (SSSR count). The van der Waals surface area contributed by atoms with Gasteiger partial charge < -0.3 is 14.7 Å².